The molecule has 3 heteroatoms. The molecule has 0 radical (unpaired) electrons. The largest absolute Gasteiger partial charge is 0.379 e. The quantitative estimate of drug-likeness (QED) is 0.715. The molecule has 0 bridgehead atoms. The maximum absolute atomic E-state index is 5.61. The van der Waals surface area contributed by atoms with E-state index in [9.17, 15) is 0 Å². The number of imidazole rings is 1. The summed E-state index contributed by atoms with van der Waals surface area (Å²) in [6, 6.07) is 0. The molecular weight excluding hydrogens is 200 g/mol. The van der Waals surface area contributed by atoms with Gasteiger partial charge in [0.05, 0.1) is 18.6 Å². The molecule has 0 amide bonds. The van der Waals surface area contributed by atoms with Crippen molar-refractivity contribution >= 4 is 0 Å². The molecule has 0 unspecified atom stereocenters. The molecule has 16 heavy (non-hydrogen) atoms. The fourth-order valence-corrected chi connectivity index (χ4v) is 2.21. The summed E-state index contributed by atoms with van der Waals surface area (Å²) in [5, 5.41) is 0. The average molecular weight is 222 g/mol. The van der Waals surface area contributed by atoms with E-state index in [1.54, 1.807) is 0 Å². The molecular formula is C13H22N2O. The Hall–Kier alpha value is -0.830. The lowest BCUT2D eigenvalue weighted by atomic mass is 10.0. The van der Waals surface area contributed by atoms with Crippen LogP contribution in [0.3, 0.4) is 0 Å². The molecule has 2 rings (SSSR count). The van der Waals surface area contributed by atoms with Gasteiger partial charge in [-0.2, -0.15) is 0 Å². The molecule has 1 aliphatic carbocycles. The number of aryl methyl sites for hydroxylation is 1. The number of hydrogen-bond acceptors (Lipinski definition) is 2. The summed E-state index contributed by atoms with van der Waals surface area (Å²) in [5.41, 5.74) is 2.76. The number of aromatic nitrogens is 2. The van der Waals surface area contributed by atoms with Crippen LogP contribution in [0.2, 0.25) is 0 Å². The normalized spacial score (nSPS) is 15.4. The summed E-state index contributed by atoms with van der Waals surface area (Å²) in [6.07, 6.45) is 6.95. The molecule has 0 aliphatic heterocycles. The molecule has 3 nitrogen and oxygen atoms in total. The molecule has 0 N–H and O–H groups in total. The second-order valence-corrected chi connectivity index (χ2v) is 5.01. The van der Waals surface area contributed by atoms with Crippen LogP contribution >= 0.6 is 0 Å². The Bertz CT molecular complexity index is 331. The minimum Gasteiger partial charge on any atom is -0.379 e. The minimum absolute atomic E-state index is 0.622. The van der Waals surface area contributed by atoms with Crippen molar-refractivity contribution in [3.8, 4) is 0 Å². The summed E-state index contributed by atoms with van der Waals surface area (Å²) in [7, 11) is 0. The van der Waals surface area contributed by atoms with Crippen LogP contribution in [0.25, 0.3) is 0 Å². The third-order valence-electron chi connectivity index (χ3n) is 3.04. The van der Waals surface area contributed by atoms with Crippen molar-refractivity contribution in [2.45, 2.75) is 46.1 Å². The highest BCUT2D eigenvalue weighted by Gasteiger charge is 2.14. The average Bonchev–Trinajstić information content (AvgIpc) is 2.68. The van der Waals surface area contributed by atoms with Gasteiger partial charge >= 0.3 is 0 Å². The fourth-order valence-electron chi connectivity index (χ4n) is 2.21. The lowest BCUT2D eigenvalue weighted by Crippen LogP contribution is -2.13. The molecule has 0 fully saturated rings. The van der Waals surface area contributed by atoms with E-state index in [4.69, 9.17) is 4.74 Å². The van der Waals surface area contributed by atoms with E-state index in [1.165, 1.54) is 30.7 Å². The Morgan fingerprint density at radius 1 is 1.38 bits per heavy atom. The fraction of sp³-hybridized carbons (Fsp3) is 0.769. The third-order valence-corrected chi connectivity index (χ3v) is 3.04. The standard InChI is InChI=1S/C13H22N2O/c1-11(2)9-16-8-7-15-10-14-12-5-3-4-6-13(12)15/h10-11H,3-9H2,1-2H3. The van der Waals surface area contributed by atoms with Crippen molar-refractivity contribution < 1.29 is 4.74 Å². The second kappa shape index (κ2) is 5.48. The maximum Gasteiger partial charge on any atom is 0.0952 e. The van der Waals surface area contributed by atoms with Gasteiger partial charge < -0.3 is 9.30 Å². The van der Waals surface area contributed by atoms with Gasteiger partial charge in [-0.25, -0.2) is 4.98 Å². The Kier molecular flexibility index (Phi) is 3.99. The first kappa shape index (κ1) is 11.6. The highest BCUT2D eigenvalue weighted by atomic mass is 16.5. The SMILES string of the molecule is CC(C)COCCn1cnc2c1CCCC2. The molecule has 1 aliphatic rings. The monoisotopic (exact) mass is 222 g/mol. The lowest BCUT2D eigenvalue weighted by Gasteiger charge is -2.14. The van der Waals surface area contributed by atoms with E-state index in [0.717, 1.165) is 26.2 Å². The molecule has 0 aromatic carbocycles. The van der Waals surface area contributed by atoms with E-state index >= 15 is 0 Å². The van der Waals surface area contributed by atoms with Crippen molar-refractivity contribution in [3.63, 3.8) is 0 Å². The van der Waals surface area contributed by atoms with Gasteiger partial charge in [-0.15, -0.1) is 0 Å². The molecule has 1 aromatic rings. The van der Waals surface area contributed by atoms with Gasteiger partial charge in [0.15, 0.2) is 0 Å². The first-order chi connectivity index (χ1) is 7.77. The van der Waals surface area contributed by atoms with Gasteiger partial charge in [0.2, 0.25) is 0 Å². The predicted octanol–water partition coefficient (Wildman–Crippen LogP) is 2.43. The summed E-state index contributed by atoms with van der Waals surface area (Å²) in [4.78, 5) is 4.48. The summed E-state index contributed by atoms with van der Waals surface area (Å²) in [5.74, 6) is 0.622. The van der Waals surface area contributed by atoms with E-state index in [0.29, 0.717) is 5.92 Å². The highest BCUT2D eigenvalue weighted by Crippen LogP contribution is 2.19. The summed E-state index contributed by atoms with van der Waals surface area (Å²) < 4.78 is 7.88. The van der Waals surface area contributed by atoms with E-state index < -0.39 is 0 Å². The molecule has 0 atom stereocenters. The molecule has 90 valence electrons. The second-order valence-electron chi connectivity index (χ2n) is 5.01. The highest BCUT2D eigenvalue weighted by molar-refractivity contribution is 5.16. The van der Waals surface area contributed by atoms with Gasteiger partial charge in [0, 0.05) is 18.8 Å². The zero-order valence-electron chi connectivity index (χ0n) is 10.4. The van der Waals surface area contributed by atoms with Crippen molar-refractivity contribution in [2.24, 2.45) is 5.92 Å². The van der Waals surface area contributed by atoms with Gasteiger partial charge in [-0.3, -0.25) is 0 Å². The van der Waals surface area contributed by atoms with E-state index in [-0.39, 0.29) is 0 Å². The Morgan fingerprint density at radius 3 is 3.00 bits per heavy atom. The molecule has 1 aromatic heterocycles. The van der Waals surface area contributed by atoms with Crippen LogP contribution in [0.15, 0.2) is 6.33 Å². The first-order valence-corrected chi connectivity index (χ1v) is 6.38. The summed E-state index contributed by atoms with van der Waals surface area (Å²) >= 11 is 0. The topological polar surface area (TPSA) is 27.1 Å². The van der Waals surface area contributed by atoms with Gasteiger partial charge in [-0.05, 0) is 31.6 Å². The smallest absolute Gasteiger partial charge is 0.0952 e. The molecule has 1 heterocycles. The summed E-state index contributed by atoms with van der Waals surface area (Å²) in [6.45, 7) is 6.98. The number of rotatable bonds is 5. The Labute approximate surface area is 97.8 Å². The van der Waals surface area contributed by atoms with Crippen molar-refractivity contribution in [3.05, 3.63) is 17.7 Å². The van der Waals surface area contributed by atoms with E-state index in [1.807, 2.05) is 6.33 Å². The minimum atomic E-state index is 0.622. The van der Waals surface area contributed by atoms with Crippen molar-refractivity contribution in [1.29, 1.82) is 0 Å². The van der Waals surface area contributed by atoms with Gasteiger partial charge in [-0.1, -0.05) is 13.8 Å². The molecule has 0 spiro atoms. The zero-order valence-corrected chi connectivity index (χ0v) is 10.4. The predicted molar refractivity (Wildman–Crippen MR) is 64.5 cm³/mol. The number of hydrogen-bond donors (Lipinski definition) is 0. The maximum atomic E-state index is 5.61. The van der Waals surface area contributed by atoms with Crippen LogP contribution in [0.5, 0.6) is 0 Å². The number of ether oxygens (including phenoxy) is 1. The zero-order chi connectivity index (χ0) is 11.4. The molecule has 0 saturated carbocycles. The van der Waals surface area contributed by atoms with Crippen LogP contribution in [0, 0.1) is 5.92 Å². The van der Waals surface area contributed by atoms with Crippen LogP contribution in [0.4, 0.5) is 0 Å². The molecule has 0 saturated heterocycles. The third kappa shape index (κ3) is 2.85. The number of nitrogens with zero attached hydrogens (tertiary/aromatic N) is 2. The van der Waals surface area contributed by atoms with Crippen LogP contribution < -0.4 is 0 Å². The van der Waals surface area contributed by atoms with Crippen molar-refractivity contribution in [2.75, 3.05) is 13.2 Å². The number of fused-ring (bicyclic) bond motifs is 1. The van der Waals surface area contributed by atoms with Crippen LogP contribution in [0.1, 0.15) is 38.1 Å². The van der Waals surface area contributed by atoms with Gasteiger partial charge in [0.25, 0.3) is 0 Å². The lowest BCUT2D eigenvalue weighted by molar-refractivity contribution is 0.102. The van der Waals surface area contributed by atoms with Crippen LogP contribution in [-0.4, -0.2) is 22.8 Å². The van der Waals surface area contributed by atoms with Crippen molar-refractivity contribution in [1.82, 2.24) is 9.55 Å². The van der Waals surface area contributed by atoms with Crippen LogP contribution in [-0.2, 0) is 24.1 Å². The van der Waals surface area contributed by atoms with E-state index in [2.05, 4.69) is 23.4 Å². The van der Waals surface area contributed by atoms with Gasteiger partial charge in [0.1, 0.15) is 0 Å². The Balaban J connectivity index is 1.83. The first-order valence-electron chi connectivity index (χ1n) is 6.38. The Morgan fingerprint density at radius 2 is 2.19 bits per heavy atom.